The van der Waals surface area contributed by atoms with Crippen LogP contribution in [0.25, 0.3) is 0 Å². The van der Waals surface area contributed by atoms with E-state index in [1.165, 1.54) is 6.92 Å². The highest BCUT2D eigenvalue weighted by molar-refractivity contribution is 5.96. The molecule has 1 aliphatic rings. The third kappa shape index (κ3) is 7.17. The molecule has 0 aromatic rings. The third-order valence-electron chi connectivity index (χ3n) is 5.43. The fourth-order valence-corrected chi connectivity index (χ4v) is 3.30. The number of hydrogen-bond acceptors (Lipinski definition) is 7. The summed E-state index contributed by atoms with van der Waals surface area (Å²) in [6, 6.07) is -4.98. The summed E-state index contributed by atoms with van der Waals surface area (Å²) in [5.74, 6) is -5.24. The van der Waals surface area contributed by atoms with Gasteiger partial charge in [0.15, 0.2) is 0 Å². The molecule has 0 bridgehead atoms. The lowest BCUT2D eigenvalue weighted by atomic mass is 9.98. The Labute approximate surface area is 180 Å². The van der Waals surface area contributed by atoms with Gasteiger partial charge >= 0.3 is 11.9 Å². The summed E-state index contributed by atoms with van der Waals surface area (Å²) in [5, 5.41) is 32.7. The van der Waals surface area contributed by atoms with Gasteiger partial charge in [-0.1, -0.05) is 20.3 Å². The SMILES string of the molecule is CCC(C)C(NC(=O)C1CCCN1C(=O)C(CC(=O)O)NC(=O)C(N)C(C)O)C(=O)O. The number of rotatable bonds is 11. The number of carbonyl (C=O) groups excluding carboxylic acids is 3. The summed E-state index contributed by atoms with van der Waals surface area (Å²) >= 11 is 0. The second kappa shape index (κ2) is 11.6. The number of carbonyl (C=O) groups is 5. The largest absolute Gasteiger partial charge is 0.481 e. The molecule has 1 aliphatic heterocycles. The van der Waals surface area contributed by atoms with E-state index in [4.69, 9.17) is 10.8 Å². The molecule has 1 saturated heterocycles. The number of carboxylic acid groups (broad SMARTS) is 2. The van der Waals surface area contributed by atoms with Crippen LogP contribution < -0.4 is 16.4 Å². The smallest absolute Gasteiger partial charge is 0.326 e. The molecule has 176 valence electrons. The third-order valence-corrected chi connectivity index (χ3v) is 5.43. The van der Waals surface area contributed by atoms with Crippen LogP contribution in [0.3, 0.4) is 0 Å². The molecule has 1 heterocycles. The fraction of sp³-hybridized carbons (Fsp3) is 0.737. The molecular weight excluding hydrogens is 412 g/mol. The van der Waals surface area contributed by atoms with Gasteiger partial charge in [-0.15, -0.1) is 0 Å². The predicted octanol–water partition coefficient (Wildman–Crippen LogP) is -1.74. The van der Waals surface area contributed by atoms with Crippen LogP contribution in [-0.2, 0) is 24.0 Å². The van der Waals surface area contributed by atoms with Crippen LogP contribution in [-0.4, -0.2) is 86.7 Å². The Bertz CT molecular complexity index is 698. The summed E-state index contributed by atoms with van der Waals surface area (Å²) in [7, 11) is 0. The van der Waals surface area contributed by atoms with Gasteiger partial charge in [-0.3, -0.25) is 19.2 Å². The maximum absolute atomic E-state index is 13.0. The van der Waals surface area contributed by atoms with Crippen molar-refractivity contribution in [1.82, 2.24) is 15.5 Å². The topological polar surface area (TPSA) is 199 Å². The molecule has 31 heavy (non-hydrogen) atoms. The Morgan fingerprint density at radius 1 is 1.13 bits per heavy atom. The second-order valence-corrected chi connectivity index (χ2v) is 7.83. The molecule has 0 saturated carbocycles. The summed E-state index contributed by atoms with van der Waals surface area (Å²) in [6.07, 6.45) is -0.732. The Balaban J connectivity index is 3.00. The van der Waals surface area contributed by atoms with E-state index in [1.807, 2.05) is 0 Å². The number of nitrogens with two attached hydrogens (primary N) is 1. The average Bonchev–Trinajstić information content (AvgIpc) is 3.18. The fourth-order valence-electron chi connectivity index (χ4n) is 3.30. The molecule has 1 fully saturated rings. The molecule has 0 spiro atoms. The van der Waals surface area contributed by atoms with Crippen molar-refractivity contribution in [3.8, 4) is 0 Å². The minimum absolute atomic E-state index is 0.145. The van der Waals surface area contributed by atoms with Gasteiger partial charge in [0, 0.05) is 6.54 Å². The van der Waals surface area contributed by atoms with Crippen molar-refractivity contribution >= 4 is 29.7 Å². The van der Waals surface area contributed by atoms with E-state index >= 15 is 0 Å². The number of aliphatic hydroxyl groups is 1. The minimum Gasteiger partial charge on any atom is -0.481 e. The summed E-state index contributed by atoms with van der Waals surface area (Å²) in [6.45, 7) is 4.89. The molecule has 0 aromatic heterocycles. The molecule has 7 N–H and O–H groups in total. The van der Waals surface area contributed by atoms with Crippen LogP contribution in [0.4, 0.5) is 0 Å². The highest BCUT2D eigenvalue weighted by atomic mass is 16.4. The Morgan fingerprint density at radius 3 is 2.23 bits per heavy atom. The number of aliphatic carboxylic acids is 2. The quantitative estimate of drug-likeness (QED) is 0.214. The number of nitrogens with zero attached hydrogens (tertiary/aromatic N) is 1. The molecule has 12 heteroatoms. The van der Waals surface area contributed by atoms with Crippen molar-refractivity contribution in [2.75, 3.05) is 6.54 Å². The number of carboxylic acids is 2. The molecule has 12 nitrogen and oxygen atoms in total. The van der Waals surface area contributed by atoms with Crippen LogP contribution in [0.1, 0.15) is 46.5 Å². The lowest BCUT2D eigenvalue weighted by Gasteiger charge is -2.30. The molecule has 0 aliphatic carbocycles. The highest BCUT2D eigenvalue weighted by Gasteiger charge is 2.40. The normalized spacial score (nSPS) is 20.8. The van der Waals surface area contributed by atoms with Crippen molar-refractivity contribution in [3.05, 3.63) is 0 Å². The first-order valence-corrected chi connectivity index (χ1v) is 10.2. The Kier molecular flexibility index (Phi) is 9.85. The van der Waals surface area contributed by atoms with Gasteiger partial charge in [-0.05, 0) is 25.7 Å². The van der Waals surface area contributed by atoms with E-state index in [0.717, 1.165) is 4.90 Å². The minimum atomic E-state index is -1.49. The highest BCUT2D eigenvalue weighted by Crippen LogP contribution is 2.20. The van der Waals surface area contributed by atoms with Gasteiger partial charge in [0.05, 0.1) is 12.5 Å². The van der Waals surface area contributed by atoms with Gasteiger partial charge in [-0.2, -0.15) is 0 Å². The number of likely N-dealkylation sites (tertiary alicyclic amines) is 1. The summed E-state index contributed by atoms with van der Waals surface area (Å²) < 4.78 is 0. The van der Waals surface area contributed by atoms with Gasteiger partial charge < -0.3 is 36.6 Å². The zero-order valence-corrected chi connectivity index (χ0v) is 17.9. The number of amides is 3. The maximum Gasteiger partial charge on any atom is 0.326 e. The van der Waals surface area contributed by atoms with E-state index in [9.17, 15) is 34.2 Å². The van der Waals surface area contributed by atoms with Crippen molar-refractivity contribution in [1.29, 1.82) is 0 Å². The first-order chi connectivity index (χ1) is 14.4. The van der Waals surface area contributed by atoms with E-state index in [1.54, 1.807) is 13.8 Å². The maximum atomic E-state index is 13.0. The van der Waals surface area contributed by atoms with Crippen molar-refractivity contribution in [3.63, 3.8) is 0 Å². The number of hydrogen-bond donors (Lipinski definition) is 6. The molecule has 0 aromatic carbocycles. The van der Waals surface area contributed by atoms with Crippen molar-refractivity contribution in [2.45, 2.75) is 76.7 Å². The average molecular weight is 444 g/mol. The number of nitrogens with one attached hydrogen (secondary N) is 2. The van der Waals surface area contributed by atoms with Crippen LogP contribution in [0, 0.1) is 5.92 Å². The lowest BCUT2D eigenvalue weighted by Crippen LogP contribution is -2.58. The van der Waals surface area contributed by atoms with Gasteiger partial charge in [-0.25, -0.2) is 4.79 Å². The monoisotopic (exact) mass is 444 g/mol. The molecule has 0 radical (unpaired) electrons. The van der Waals surface area contributed by atoms with Gasteiger partial charge in [0.1, 0.15) is 24.2 Å². The summed E-state index contributed by atoms with van der Waals surface area (Å²) in [4.78, 5) is 61.7. The molecule has 3 amide bonds. The van der Waals surface area contributed by atoms with E-state index in [2.05, 4.69) is 10.6 Å². The Hall–Kier alpha value is -2.73. The van der Waals surface area contributed by atoms with E-state index in [0.29, 0.717) is 12.8 Å². The van der Waals surface area contributed by atoms with Crippen LogP contribution in [0.15, 0.2) is 0 Å². The first-order valence-electron chi connectivity index (χ1n) is 10.2. The zero-order valence-electron chi connectivity index (χ0n) is 17.9. The van der Waals surface area contributed by atoms with Gasteiger partial charge in [0.2, 0.25) is 17.7 Å². The zero-order chi connectivity index (χ0) is 23.9. The Morgan fingerprint density at radius 2 is 1.74 bits per heavy atom. The van der Waals surface area contributed by atoms with Crippen molar-refractivity contribution < 1.29 is 39.3 Å². The van der Waals surface area contributed by atoms with E-state index < -0.39 is 66.4 Å². The van der Waals surface area contributed by atoms with Crippen LogP contribution >= 0.6 is 0 Å². The summed E-state index contributed by atoms with van der Waals surface area (Å²) in [5.41, 5.74) is 5.54. The molecule has 6 atom stereocenters. The standard InChI is InChI=1S/C19H32N4O8/c1-4-9(2)15(19(30)31)22-16(27)12-6-5-7-23(12)18(29)11(8-13(25)26)21-17(28)14(20)10(3)24/h9-12,14-15,24H,4-8,20H2,1-3H3,(H,21,28)(H,22,27)(H,25,26)(H,30,31). The second-order valence-electron chi connectivity index (χ2n) is 7.83. The first kappa shape index (κ1) is 26.3. The van der Waals surface area contributed by atoms with E-state index in [-0.39, 0.29) is 18.9 Å². The van der Waals surface area contributed by atoms with Crippen molar-refractivity contribution in [2.24, 2.45) is 11.7 Å². The molecule has 1 rings (SSSR count). The molecule has 6 unspecified atom stereocenters. The lowest BCUT2D eigenvalue weighted by molar-refractivity contribution is -0.148. The predicted molar refractivity (Wildman–Crippen MR) is 108 cm³/mol. The number of aliphatic hydroxyl groups excluding tert-OH is 1. The van der Waals surface area contributed by atoms with Crippen LogP contribution in [0.2, 0.25) is 0 Å². The van der Waals surface area contributed by atoms with Gasteiger partial charge in [0.25, 0.3) is 0 Å². The van der Waals surface area contributed by atoms with Crippen LogP contribution in [0.5, 0.6) is 0 Å². The molecular formula is C19H32N4O8.